The van der Waals surface area contributed by atoms with Crippen LogP contribution in [-0.2, 0) is 4.79 Å². The molecule has 3 aromatic rings. The molecule has 0 aliphatic carbocycles. The summed E-state index contributed by atoms with van der Waals surface area (Å²) in [4.78, 5) is 48.4. The Kier molecular flexibility index (Phi) is 5.15. The molecule has 0 bridgehead atoms. The van der Waals surface area contributed by atoms with Gasteiger partial charge in [0.25, 0.3) is 23.4 Å². The van der Waals surface area contributed by atoms with Crippen molar-refractivity contribution in [2.75, 3.05) is 16.8 Å². The van der Waals surface area contributed by atoms with Crippen molar-refractivity contribution in [1.82, 2.24) is 0 Å². The molecule has 9 nitrogen and oxygen atoms in total. The number of nitro benzene ring substituents is 1. The van der Waals surface area contributed by atoms with Crippen molar-refractivity contribution in [1.29, 1.82) is 0 Å². The molecule has 31 heavy (non-hydrogen) atoms. The number of fused-ring (bicyclic) bond motifs is 1. The number of imide groups is 1. The number of hydrogen-bond acceptors (Lipinski definition) is 6. The lowest BCUT2D eigenvalue weighted by atomic mass is 10.1. The number of amides is 3. The predicted molar refractivity (Wildman–Crippen MR) is 111 cm³/mol. The van der Waals surface area contributed by atoms with E-state index in [1.54, 1.807) is 48.5 Å². The van der Waals surface area contributed by atoms with Crippen LogP contribution in [0.3, 0.4) is 0 Å². The summed E-state index contributed by atoms with van der Waals surface area (Å²) in [5.41, 5.74) is 1.49. The van der Waals surface area contributed by atoms with E-state index in [1.165, 1.54) is 24.3 Å². The topological polar surface area (TPSA) is 119 Å². The lowest BCUT2D eigenvalue weighted by Crippen LogP contribution is -2.29. The fourth-order valence-corrected chi connectivity index (χ4v) is 3.13. The monoisotopic (exact) mass is 417 g/mol. The largest absolute Gasteiger partial charge is 0.484 e. The van der Waals surface area contributed by atoms with E-state index in [1.807, 2.05) is 0 Å². The van der Waals surface area contributed by atoms with Crippen LogP contribution in [0.4, 0.5) is 17.1 Å². The average Bonchev–Trinajstić information content (AvgIpc) is 3.04. The number of carbonyl (C=O) groups is 3. The van der Waals surface area contributed by atoms with Gasteiger partial charge in [0.05, 0.1) is 21.7 Å². The summed E-state index contributed by atoms with van der Waals surface area (Å²) in [6, 6.07) is 18.3. The van der Waals surface area contributed by atoms with Crippen LogP contribution in [0.2, 0.25) is 0 Å². The quantitative estimate of drug-likeness (QED) is 0.373. The molecule has 0 radical (unpaired) electrons. The van der Waals surface area contributed by atoms with E-state index in [2.05, 4.69) is 5.32 Å². The van der Waals surface area contributed by atoms with Gasteiger partial charge in [0.15, 0.2) is 6.61 Å². The normalized spacial score (nSPS) is 12.5. The molecule has 1 heterocycles. The van der Waals surface area contributed by atoms with Crippen molar-refractivity contribution in [3.63, 3.8) is 0 Å². The number of benzene rings is 3. The van der Waals surface area contributed by atoms with Crippen molar-refractivity contribution in [2.24, 2.45) is 0 Å². The first-order chi connectivity index (χ1) is 14.9. The molecule has 3 aromatic carbocycles. The molecule has 3 amide bonds. The Morgan fingerprint density at radius 2 is 1.48 bits per heavy atom. The zero-order valence-electron chi connectivity index (χ0n) is 16.0. The zero-order valence-corrected chi connectivity index (χ0v) is 16.0. The molecule has 0 atom stereocenters. The Balaban J connectivity index is 1.36. The molecule has 154 valence electrons. The van der Waals surface area contributed by atoms with Crippen LogP contribution in [0.25, 0.3) is 0 Å². The number of non-ortho nitro benzene ring substituents is 1. The fraction of sp³-hybridized carbons (Fsp3) is 0.0455. The van der Waals surface area contributed by atoms with Gasteiger partial charge >= 0.3 is 0 Å². The van der Waals surface area contributed by atoms with Gasteiger partial charge in [0.1, 0.15) is 5.75 Å². The highest BCUT2D eigenvalue weighted by atomic mass is 16.6. The number of nitro groups is 1. The molecule has 0 fully saturated rings. The van der Waals surface area contributed by atoms with Crippen molar-refractivity contribution < 1.29 is 24.0 Å². The number of carbonyl (C=O) groups excluding carboxylic acids is 3. The van der Waals surface area contributed by atoms with Crippen LogP contribution in [0.5, 0.6) is 5.75 Å². The standard InChI is InChI=1S/C22H15N3O6/c26-20(13-31-17-11-9-16(10-12-17)25(29)30)23-14-5-7-15(8-6-14)24-21(27)18-3-1-2-4-19(18)22(24)28/h1-12H,13H2,(H,23,26). The third-order valence-electron chi connectivity index (χ3n) is 4.62. The SMILES string of the molecule is O=C(COc1ccc([N+](=O)[O-])cc1)Nc1ccc(N2C(=O)c3ccccc3C2=O)cc1. The van der Waals surface area contributed by atoms with Crippen LogP contribution in [0.1, 0.15) is 20.7 Å². The molecule has 0 spiro atoms. The summed E-state index contributed by atoms with van der Waals surface area (Å²) in [6.45, 7) is -0.294. The van der Waals surface area contributed by atoms with Gasteiger partial charge in [-0.25, -0.2) is 4.90 Å². The molecule has 0 unspecified atom stereocenters. The molecule has 0 saturated carbocycles. The summed E-state index contributed by atoms with van der Waals surface area (Å²) in [6.07, 6.45) is 0. The first-order valence-corrected chi connectivity index (χ1v) is 9.19. The highest BCUT2D eigenvalue weighted by molar-refractivity contribution is 6.34. The molecule has 0 aromatic heterocycles. The van der Waals surface area contributed by atoms with Crippen LogP contribution in [0.15, 0.2) is 72.8 Å². The average molecular weight is 417 g/mol. The van der Waals surface area contributed by atoms with E-state index in [-0.39, 0.29) is 12.3 Å². The van der Waals surface area contributed by atoms with Crippen LogP contribution < -0.4 is 15.0 Å². The third-order valence-corrected chi connectivity index (χ3v) is 4.62. The smallest absolute Gasteiger partial charge is 0.269 e. The predicted octanol–water partition coefficient (Wildman–Crippen LogP) is 3.41. The number of nitrogens with zero attached hydrogens (tertiary/aromatic N) is 2. The van der Waals surface area contributed by atoms with Gasteiger partial charge in [0, 0.05) is 17.8 Å². The van der Waals surface area contributed by atoms with Gasteiger partial charge in [0.2, 0.25) is 0 Å². The second-order valence-electron chi connectivity index (χ2n) is 6.63. The third kappa shape index (κ3) is 3.97. The van der Waals surface area contributed by atoms with Gasteiger partial charge in [-0.05, 0) is 48.5 Å². The lowest BCUT2D eigenvalue weighted by molar-refractivity contribution is -0.384. The molecule has 1 N–H and O–H groups in total. The van der Waals surface area contributed by atoms with Crippen molar-refractivity contribution in [3.8, 4) is 5.75 Å². The first-order valence-electron chi connectivity index (χ1n) is 9.19. The maximum atomic E-state index is 12.5. The van der Waals surface area contributed by atoms with E-state index < -0.39 is 22.6 Å². The molecule has 0 saturated heterocycles. The highest BCUT2D eigenvalue weighted by Crippen LogP contribution is 2.29. The molecule has 1 aliphatic rings. The van der Waals surface area contributed by atoms with Gasteiger partial charge in [-0.15, -0.1) is 0 Å². The summed E-state index contributed by atoms with van der Waals surface area (Å²) >= 11 is 0. The Morgan fingerprint density at radius 1 is 0.903 bits per heavy atom. The summed E-state index contributed by atoms with van der Waals surface area (Å²) < 4.78 is 5.31. The Hall–Kier alpha value is -4.53. The zero-order chi connectivity index (χ0) is 22.0. The van der Waals surface area contributed by atoms with E-state index >= 15 is 0 Å². The second-order valence-corrected chi connectivity index (χ2v) is 6.63. The first kappa shape index (κ1) is 19.8. The second kappa shape index (κ2) is 8.07. The number of ether oxygens (including phenoxy) is 1. The van der Waals surface area contributed by atoms with Gasteiger partial charge < -0.3 is 10.1 Å². The van der Waals surface area contributed by atoms with Crippen molar-refractivity contribution in [2.45, 2.75) is 0 Å². The lowest BCUT2D eigenvalue weighted by Gasteiger charge is -2.14. The van der Waals surface area contributed by atoms with Crippen LogP contribution in [0, 0.1) is 10.1 Å². The van der Waals surface area contributed by atoms with E-state index in [9.17, 15) is 24.5 Å². The van der Waals surface area contributed by atoms with Crippen molar-refractivity contribution in [3.05, 3.63) is 94.0 Å². The van der Waals surface area contributed by atoms with Gasteiger partial charge in [-0.2, -0.15) is 0 Å². The van der Waals surface area contributed by atoms with Gasteiger partial charge in [-0.3, -0.25) is 24.5 Å². The van der Waals surface area contributed by atoms with E-state index in [0.29, 0.717) is 28.3 Å². The number of rotatable bonds is 6. The van der Waals surface area contributed by atoms with E-state index in [4.69, 9.17) is 4.74 Å². The number of hydrogen-bond donors (Lipinski definition) is 1. The maximum absolute atomic E-state index is 12.5. The van der Waals surface area contributed by atoms with Gasteiger partial charge in [-0.1, -0.05) is 12.1 Å². The minimum atomic E-state index is -0.526. The summed E-state index contributed by atoms with van der Waals surface area (Å²) in [7, 11) is 0. The Bertz CT molecular complexity index is 1150. The maximum Gasteiger partial charge on any atom is 0.269 e. The number of anilines is 2. The summed E-state index contributed by atoms with van der Waals surface area (Å²) in [5.74, 6) is -0.906. The number of nitrogens with one attached hydrogen (secondary N) is 1. The summed E-state index contributed by atoms with van der Waals surface area (Å²) in [5, 5.41) is 13.3. The minimum Gasteiger partial charge on any atom is -0.484 e. The van der Waals surface area contributed by atoms with Crippen LogP contribution in [-0.4, -0.2) is 29.3 Å². The van der Waals surface area contributed by atoms with Crippen molar-refractivity contribution >= 4 is 34.8 Å². The molecule has 4 rings (SSSR count). The molecular formula is C22H15N3O6. The highest BCUT2D eigenvalue weighted by Gasteiger charge is 2.36. The molecule has 9 heteroatoms. The Labute approximate surface area is 176 Å². The molecule has 1 aliphatic heterocycles. The van der Waals surface area contributed by atoms with E-state index in [0.717, 1.165) is 4.90 Å². The Morgan fingerprint density at radius 3 is 2.03 bits per heavy atom. The minimum absolute atomic E-state index is 0.0741. The fourth-order valence-electron chi connectivity index (χ4n) is 3.13. The molecular weight excluding hydrogens is 402 g/mol. The van der Waals surface area contributed by atoms with Crippen LogP contribution >= 0.6 is 0 Å².